The topological polar surface area (TPSA) is 121 Å². The van der Waals surface area contributed by atoms with Crippen LogP contribution in [0.1, 0.15) is 58.8 Å². The molecule has 0 spiro atoms. The number of benzene rings is 1. The van der Waals surface area contributed by atoms with Crippen LogP contribution in [0.25, 0.3) is 22.6 Å². The predicted molar refractivity (Wildman–Crippen MR) is 115 cm³/mol. The van der Waals surface area contributed by atoms with E-state index in [9.17, 15) is 9.59 Å². The highest BCUT2D eigenvalue weighted by Crippen LogP contribution is 2.38. The molecule has 1 aromatic carbocycles. The van der Waals surface area contributed by atoms with Crippen LogP contribution in [0.2, 0.25) is 0 Å². The summed E-state index contributed by atoms with van der Waals surface area (Å²) >= 11 is 0. The number of nitrogens with zero attached hydrogens (tertiary/aromatic N) is 3. The standard InChI is InChI=1S/C23H26N4O4/c1-6-16-20(22-27-26-13(4)31-22)18(14-7-9-15(10-8-14)23(29)30-5)19(21(24)28)17(25-16)11-12(2)3/h7-10,12H,6,11H2,1-5H3,(H2,24,28). The maximum absolute atomic E-state index is 12.6. The lowest BCUT2D eigenvalue weighted by atomic mass is 9.88. The van der Waals surface area contributed by atoms with Crippen molar-refractivity contribution in [3.63, 3.8) is 0 Å². The number of aromatic nitrogens is 3. The SMILES string of the molecule is CCc1nc(CC(C)C)c(C(N)=O)c(-c2ccc(C(=O)OC)cc2)c1-c1nnc(C)o1. The minimum absolute atomic E-state index is 0.265. The van der Waals surface area contributed by atoms with Crippen LogP contribution in [0.4, 0.5) is 0 Å². The first-order chi connectivity index (χ1) is 14.8. The quantitative estimate of drug-likeness (QED) is 0.575. The van der Waals surface area contributed by atoms with Gasteiger partial charge in [0.05, 0.1) is 35.2 Å². The summed E-state index contributed by atoms with van der Waals surface area (Å²) in [6.45, 7) is 7.78. The fourth-order valence-electron chi connectivity index (χ4n) is 3.55. The smallest absolute Gasteiger partial charge is 0.337 e. The Kier molecular flexibility index (Phi) is 6.48. The zero-order valence-corrected chi connectivity index (χ0v) is 18.4. The minimum Gasteiger partial charge on any atom is -0.465 e. The van der Waals surface area contributed by atoms with E-state index >= 15 is 0 Å². The third-order valence-electron chi connectivity index (χ3n) is 4.86. The molecule has 2 aromatic heterocycles. The summed E-state index contributed by atoms with van der Waals surface area (Å²) in [6, 6.07) is 6.78. The van der Waals surface area contributed by atoms with Gasteiger partial charge in [-0.1, -0.05) is 32.9 Å². The van der Waals surface area contributed by atoms with E-state index in [0.717, 1.165) is 5.69 Å². The zero-order valence-electron chi connectivity index (χ0n) is 18.4. The lowest BCUT2D eigenvalue weighted by molar-refractivity contribution is 0.0600. The molecule has 3 rings (SSSR count). The van der Waals surface area contributed by atoms with Gasteiger partial charge in [-0.2, -0.15) is 0 Å². The number of aryl methyl sites for hydroxylation is 2. The molecular weight excluding hydrogens is 396 g/mol. The molecule has 0 saturated heterocycles. The van der Waals surface area contributed by atoms with Crippen LogP contribution in [0, 0.1) is 12.8 Å². The Labute approximate surface area is 180 Å². The van der Waals surface area contributed by atoms with Gasteiger partial charge < -0.3 is 14.9 Å². The van der Waals surface area contributed by atoms with Crippen LogP contribution in [-0.4, -0.2) is 34.2 Å². The second-order valence-corrected chi connectivity index (χ2v) is 7.64. The minimum atomic E-state index is -0.588. The molecule has 0 aliphatic heterocycles. The highest BCUT2D eigenvalue weighted by molar-refractivity contribution is 6.05. The summed E-state index contributed by atoms with van der Waals surface area (Å²) in [6.07, 6.45) is 1.18. The maximum atomic E-state index is 12.6. The van der Waals surface area contributed by atoms with Gasteiger partial charge in [-0.3, -0.25) is 9.78 Å². The molecule has 8 nitrogen and oxygen atoms in total. The molecule has 0 aliphatic rings. The number of esters is 1. The molecule has 31 heavy (non-hydrogen) atoms. The number of amides is 1. The van der Waals surface area contributed by atoms with E-state index in [0.29, 0.717) is 52.2 Å². The number of primary amides is 1. The first kappa shape index (κ1) is 22.1. The fourth-order valence-corrected chi connectivity index (χ4v) is 3.55. The van der Waals surface area contributed by atoms with Crippen LogP contribution < -0.4 is 5.73 Å². The van der Waals surface area contributed by atoms with Crippen molar-refractivity contribution in [3.8, 4) is 22.6 Å². The van der Waals surface area contributed by atoms with E-state index in [1.807, 2.05) is 6.92 Å². The van der Waals surface area contributed by atoms with Crippen molar-refractivity contribution in [2.75, 3.05) is 7.11 Å². The third kappa shape index (κ3) is 4.47. The van der Waals surface area contributed by atoms with Crippen molar-refractivity contribution in [2.45, 2.75) is 40.5 Å². The van der Waals surface area contributed by atoms with Gasteiger partial charge in [0.2, 0.25) is 11.8 Å². The number of methoxy groups -OCH3 is 1. The Balaban J connectivity index is 2.38. The van der Waals surface area contributed by atoms with Gasteiger partial charge in [0.15, 0.2) is 0 Å². The van der Waals surface area contributed by atoms with Gasteiger partial charge in [-0.25, -0.2) is 4.79 Å². The average molecular weight is 422 g/mol. The largest absolute Gasteiger partial charge is 0.465 e. The van der Waals surface area contributed by atoms with Gasteiger partial charge in [-0.15, -0.1) is 10.2 Å². The van der Waals surface area contributed by atoms with Gasteiger partial charge >= 0.3 is 5.97 Å². The number of hydrogen-bond acceptors (Lipinski definition) is 7. The van der Waals surface area contributed by atoms with Crippen molar-refractivity contribution in [1.29, 1.82) is 0 Å². The summed E-state index contributed by atoms with van der Waals surface area (Å²) < 4.78 is 10.5. The summed E-state index contributed by atoms with van der Waals surface area (Å²) in [5.74, 6) is -0.0981. The molecule has 0 aliphatic carbocycles. The zero-order chi connectivity index (χ0) is 22.7. The Morgan fingerprint density at radius 3 is 2.26 bits per heavy atom. The highest BCUT2D eigenvalue weighted by Gasteiger charge is 2.27. The van der Waals surface area contributed by atoms with E-state index in [2.05, 4.69) is 24.0 Å². The summed E-state index contributed by atoms with van der Waals surface area (Å²) in [7, 11) is 1.33. The molecule has 2 N–H and O–H groups in total. The van der Waals surface area contributed by atoms with Crippen LogP contribution in [0.5, 0.6) is 0 Å². The van der Waals surface area contributed by atoms with Gasteiger partial charge in [0.1, 0.15) is 0 Å². The molecule has 2 heterocycles. The Morgan fingerprint density at radius 2 is 1.77 bits per heavy atom. The summed E-state index contributed by atoms with van der Waals surface area (Å²) in [5.41, 5.74) is 9.78. The van der Waals surface area contributed by atoms with E-state index in [-0.39, 0.29) is 11.8 Å². The molecule has 0 radical (unpaired) electrons. The second kappa shape index (κ2) is 9.07. The highest BCUT2D eigenvalue weighted by atomic mass is 16.5. The summed E-state index contributed by atoms with van der Waals surface area (Å²) in [5, 5.41) is 8.12. The maximum Gasteiger partial charge on any atom is 0.337 e. The second-order valence-electron chi connectivity index (χ2n) is 7.64. The number of hydrogen-bond donors (Lipinski definition) is 1. The fraction of sp³-hybridized carbons (Fsp3) is 0.348. The molecule has 3 aromatic rings. The Morgan fingerprint density at radius 1 is 1.10 bits per heavy atom. The lowest BCUT2D eigenvalue weighted by Crippen LogP contribution is -2.20. The van der Waals surface area contributed by atoms with Crippen molar-refractivity contribution < 1.29 is 18.7 Å². The molecule has 0 bridgehead atoms. The van der Waals surface area contributed by atoms with Crippen LogP contribution in [-0.2, 0) is 17.6 Å². The van der Waals surface area contributed by atoms with Gasteiger partial charge in [-0.05, 0) is 36.5 Å². The average Bonchev–Trinajstić information content (AvgIpc) is 3.17. The lowest BCUT2D eigenvalue weighted by Gasteiger charge is -2.19. The first-order valence-corrected chi connectivity index (χ1v) is 10.1. The monoisotopic (exact) mass is 422 g/mol. The van der Waals surface area contributed by atoms with Crippen LogP contribution in [0.3, 0.4) is 0 Å². The molecular formula is C23H26N4O4. The number of carbonyl (C=O) groups is 2. The Hall–Kier alpha value is -3.55. The van der Waals surface area contributed by atoms with E-state index in [4.69, 9.17) is 19.9 Å². The number of nitrogens with two attached hydrogens (primary N) is 1. The first-order valence-electron chi connectivity index (χ1n) is 10.1. The van der Waals surface area contributed by atoms with Crippen molar-refractivity contribution >= 4 is 11.9 Å². The molecule has 0 saturated carbocycles. The Bertz CT molecular complexity index is 1120. The molecule has 1 amide bonds. The van der Waals surface area contributed by atoms with Crippen LogP contribution in [0.15, 0.2) is 28.7 Å². The predicted octanol–water partition coefficient (Wildman–Crippen LogP) is 3.75. The summed E-state index contributed by atoms with van der Waals surface area (Å²) in [4.78, 5) is 29.3. The number of rotatable bonds is 7. The molecule has 0 fully saturated rings. The number of ether oxygens (including phenoxy) is 1. The van der Waals surface area contributed by atoms with Crippen LogP contribution >= 0.6 is 0 Å². The van der Waals surface area contributed by atoms with Crippen molar-refractivity contribution in [3.05, 3.63) is 52.7 Å². The van der Waals surface area contributed by atoms with Gasteiger partial charge in [0, 0.05) is 12.5 Å². The van der Waals surface area contributed by atoms with E-state index in [1.165, 1.54) is 7.11 Å². The molecule has 0 unspecified atom stereocenters. The molecule has 8 heteroatoms. The van der Waals surface area contributed by atoms with E-state index in [1.54, 1.807) is 31.2 Å². The number of pyridine rings is 1. The van der Waals surface area contributed by atoms with Crippen molar-refractivity contribution in [2.24, 2.45) is 11.7 Å². The normalized spacial score (nSPS) is 11.0. The van der Waals surface area contributed by atoms with Gasteiger partial charge in [0.25, 0.3) is 5.91 Å². The third-order valence-corrected chi connectivity index (χ3v) is 4.86. The molecule has 0 atom stereocenters. The number of carbonyl (C=O) groups excluding carboxylic acids is 2. The molecule has 162 valence electrons. The van der Waals surface area contributed by atoms with Crippen molar-refractivity contribution in [1.82, 2.24) is 15.2 Å². The van der Waals surface area contributed by atoms with E-state index < -0.39 is 11.9 Å².